The minimum absolute atomic E-state index is 0.119. The fraction of sp³-hybridized carbons (Fsp3) is 0.391. The van der Waals surface area contributed by atoms with Crippen molar-refractivity contribution in [3.63, 3.8) is 0 Å². The molecule has 8 nitrogen and oxygen atoms in total. The van der Waals surface area contributed by atoms with Crippen LogP contribution in [0.1, 0.15) is 12.8 Å². The van der Waals surface area contributed by atoms with Crippen molar-refractivity contribution in [2.45, 2.75) is 17.7 Å². The summed E-state index contributed by atoms with van der Waals surface area (Å²) in [5.74, 6) is 0.242. The summed E-state index contributed by atoms with van der Waals surface area (Å²) in [7, 11) is -0.0945. The second kappa shape index (κ2) is 10.4. The Balaban J connectivity index is 1.53. The number of halogens is 1. The molecule has 2 aromatic rings. The molecule has 1 heterocycles. The van der Waals surface area contributed by atoms with Gasteiger partial charge in [-0.25, -0.2) is 8.42 Å². The van der Waals surface area contributed by atoms with E-state index in [1.165, 1.54) is 19.2 Å². The number of hydrogen-bond acceptors (Lipinski definition) is 6. The van der Waals surface area contributed by atoms with Gasteiger partial charge in [-0.05, 0) is 42.8 Å². The molecule has 2 amide bonds. The fourth-order valence-electron chi connectivity index (χ4n) is 3.69. The summed E-state index contributed by atoms with van der Waals surface area (Å²) >= 11 is 6.09. The molecule has 1 saturated heterocycles. The van der Waals surface area contributed by atoms with E-state index in [1.807, 2.05) is 0 Å². The third-order valence-corrected chi connectivity index (χ3v) is 6.77. The predicted octanol–water partition coefficient (Wildman–Crippen LogP) is 3.03. The number of nitrogens with zero attached hydrogens (tertiary/aromatic N) is 2. The SMILES string of the molecule is COc1ccc(Cl)cc1N1CC(C(=O)N(C)CCCOc2cccc(S(C)(=O)=O)c2)CC1=O. The smallest absolute Gasteiger partial charge is 0.227 e. The number of benzene rings is 2. The third-order valence-electron chi connectivity index (χ3n) is 5.42. The molecule has 178 valence electrons. The van der Waals surface area contributed by atoms with E-state index in [0.29, 0.717) is 41.8 Å². The lowest BCUT2D eigenvalue weighted by Crippen LogP contribution is -2.35. The number of carbonyl (C=O) groups is 2. The molecule has 0 radical (unpaired) electrons. The second-order valence-corrected chi connectivity index (χ2v) is 10.4. The first-order valence-corrected chi connectivity index (χ1v) is 12.7. The van der Waals surface area contributed by atoms with Crippen LogP contribution >= 0.6 is 11.6 Å². The van der Waals surface area contributed by atoms with Crippen LogP contribution in [0.25, 0.3) is 0 Å². The maximum atomic E-state index is 12.9. The van der Waals surface area contributed by atoms with Gasteiger partial charge in [-0.1, -0.05) is 17.7 Å². The van der Waals surface area contributed by atoms with Crippen LogP contribution in [0.15, 0.2) is 47.4 Å². The highest BCUT2D eigenvalue weighted by molar-refractivity contribution is 7.90. The molecule has 1 aliphatic heterocycles. The van der Waals surface area contributed by atoms with Crippen molar-refractivity contribution in [2.75, 3.05) is 45.0 Å². The quantitative estimate of drug-likeness (QED) is 0.497. The van der Waals surface area contributed by atoms with Crippen LogP contribution in [0.5, 0.6) is 11.5 Å². The van der Waals surface area contributed by atoms with E-state index < -0.39 is 15.8 Å². The van der Waals surface area contributed by atoms with Crippen molar-refractivity contribution in [1.82, 2.24) is 4.90 Å². The predicted molar refractivity (Wildman–Crippen MR) is 126 cm³/mol. The van der Waals surface area contributed by atoms with Gasteiger partial charge in [-0.3, -0.25) is 9.59 Å². The summed E-state index contributed by atoms with van der Waals surface area (Å²) in [6, 6.07) is 11.3. The Morgan fingerprint density at radius 3 is 2.70 bits per heavy atom. The monoisotopic (exact) mass is 494 g/mol. The first-order chi connectivity index (χ1) is 15.6. The third kappa shape index (κ3) is 6.17. The zero-order valence-corrected chi connectivity index (χ0v) is 20.4. The Kier molecular flexibility index (Phi) is 7.86. The molecule has 3 rings (SSSR count). The molecule has 10 heteroatoms. The van der Waals surface area contributed by atoms with E-state index in [2.05, 4.69) is 0 Å². The van der Waals surface area contributed by atoms with E-state index in [-0.39, 0.29) is 29.7 Å². The molecule has 0 N–H and O–H groups in total. The summed E-state index contributed by atoms with van der Waals surface area (Å²) in [5, 5.41) is 0.479. The second-order valence-electron chi connectivity index (χ2n) is 7.93. The van der Waals surface area contributed by atoms with Gasteiger partial charge < -0.3 is 19.3 Å². The van der Waals surface area contributed by atoms with Gasteiger partial charge >= 0.3 is 0 Å². The molecule has 1 fully saturated rings. The fourth-order valence-corrected chi connectivity index (χ4v) is 4.51. The van der Waals surface area contributed by atoms with Crippen LogP contribution in [0.2, 0.25) is 5.02 Å². The largest absolute Gasteiger partial charge is 0.495 e. The number of sulfone groups is 1. The number of methoxy groups -OCH3 is 1. The zero-order chi connectivity index (χ0) is 24.2. The van der Waals surface area contributed by atoms with E-state index in [9.17, 15) is 18.0 Å². The Labute approximate surface area is 198 Å². The van der Waals surface area contributed by atoms with Gasteiger partial charge in [0.05, 0.1) is 30.2 Å². The molecule has 1 atom stereocenters. The van der Waals surface area contributed by atoms with E-state index in [1.54, 1.807) is 47.2 Å². The van der Waals surface area contributed by atoms with E-state index >= 15 is 0 Å². The highest BCUT2D eigenvalue weighted by atomic mass is 35.5. The number of ether oxygens (including phenoxy) is 2. The lowest BCUT2D eigenvalue weighted by Gasteiger charge is -2.22. The first kappa shape index (κ1) is 24.9. The normalized spacial score (nSPS) is 16.1. The molecular formula is C23H27ClN2O6S. The van der Waals surface area contributed by atoms with Gasteiger partial charge in [0, 0.05) is 37.8 Å². The van der Waals surface area contributed by atoms with Crippen molar-refractivity contribution in [2.24, 2.45) is 5.92 Å². The molecule has 0 saturated carbocycles. The molecule has 0 spiro atoms. The minimum Gasteiger partial charge on any atom is -0.495 e. The summed E-state index contributed by atoms with van der Waals surface area (Å²) in [6.45, 7) is 1.02. The molecule has 0 aliphatic carbocycles. The van der Waals surface area contributed by atoms with Crippen molar-refractivity contribution >= 4 is 38.9 Å². The Morgan fingerprint density at radius 2 is 2.00 bits per heavy atom. The van der Waals surface area contributed by atoms with Gasteiger partial charge in [0.2, 0.25) is 11.8 Å². The highest BCUT2D eigenvalue weighted by Crippen LogP contribution is 2.35. The van der Waals surface area contributed by atoms with Gasteiger partial charge in [0.15, 0.2) is 9.84 Å². The molecule has 33 heavy (non-hydrogen) atoms. The Bertz CT molecular complexity index is 1140. The molecule has 2 aromatic carbocycles. The summed E-state index contributed by atoms with van der Waals surface area (Å²) in [6.07, 6.45) is 1.81. The molecule has 1 aliphatic rings. The number of hydrogen-bond donors (Lipinski definition) is 0. The molecule has 1 unspecified atom stereocenters. The van der Waals surface area contributed by atoms with Gasteiger partial charge in [-0.2, -0.15) is 0 Å². The average molecular weight is 495 g/mol. The topological polar surface area (TPSA) is 93.2 Å². The lowest BCUT2D eigenvalue weighted by molar-refractivity contribution is -0.134. The van der Waals surface area contributed by atoms with E-state index in [0.717, 1.165) is 6.26 Å². The number of rotatable bonds is 9. The van der Waals surface area contributed by atoms with Crippen molar-refractivity contribution < 1.29 is 27.5 Å². The number of carbonyl (C=O) groups excluding carboxylic acids is 2. The highest BCUT2D eigenvalue weighted by Gasteiger charge is 2.37. The number of anilines is 1. The maximum absolute atomic E-state index is 12.9. The van der Waals surface area contributed by atoms with Crippen LogP contribution in [0.4, 0.5) is 5.69 Å². The lowest BCUT2D eigenvalue weighted by atomic mass is 10.1. The molecular weight excluding hydrogens is 468 g/mol. The standard InChI is InChI=1S/C23H27ClN2O6S/c1-25(10-5-11-32-18-6-4-7-19(14-18)33(3,29)30)23(28)16-12-22(27)26(15-16)20-13-17(24)8-9-21(20)31-2/h4,6-9,13-14,16H,5,10-12,15H2,1-3H3. The summed E-state index contributed by atoms with van der Waals surface area (Å²) < 4.78 is 34.3. The zero-order valence-electron chi connectivity index (χ0n) is 18.8. The van der Waals surface area contributed by atoms with Crippen molar-refractivity contribution in [1.29, 1.82) is 0 Å². The van der Waals surface area contributed by atoms with Crippen molar-refractivity contribution in [3.8, 4) is 11.5 Å². The van der Waals surface area contributed by atoms with Gasteiger partial charge in [-0.15, -0.1) is 0 Å². The van der Waals surface area contributed by atoms with Crippen molar-refractivity contribution in [3.05, 3.63) is 47.5 Å². The summed E-state index contributed by atoms with van der Waals surface area (Å²) in [5.41, 5.74) is 0.553. The van der Waals surface area contributed by atoms with Crippen LogP contribution in [0, 0.1) is 5.92 Å². The Morgan fingerprint density at radius 1 is 1.24 bits per heavy atom. The Hall–Kier alpha value is -2.78. The minimum atomic E-state index is -3.31. The van der Waals surface area contributed by atoms with Gasteiger partial charge in [0.1, 0.15) is 11.5 Å². The van der Waals surface area contributed by atoms with Crippen LogP contribution < -0.4 is 14.4 Å². The maximum Gasteiger partial charge on any atom is 0.227 e. The molecule has 0 bridgehead atoms. The van der Waals surface area contributed by atoms with Crippen LogP contribution in [0.3, 0.4) is 0 Å². The summed E-state index contributed by atoms with van der Waals surface area (Å²) in [4.78, 5) is 28.8. The molecule has 0 aromatic heterocycles. The number of amides is 2. The first-order valence-electron chi connectivity index (χ1n) is 10.4. The van der Waals surface area contributed by atoms with Gasteiger partial charge in [0.25, 0.3) is 0 Å². The average Bonchev–Trinajstić information content (AvgIpc) is 3.17. The van der Waals surface area contributed by atoms with Crippen LogP contribution in [-0.4, -0.2) is 65.2 Å². The van der Waals surface area contributed by atoms with Crippen LogP contribution in [-0.2, 0) is 19.4 Å². The van der Waals surface area contributed by atoms with E-state index in [4.69, 9.17) is 21.1 Å².